The van der Waals surface area contributed by atoms with Crippen LogP contribution in [0.15, 0.2) is 50.9 Å². The van der Waals surface area contributed by atoms with Crippen molar-refractivity contribution in [1.82, 2.24) is 13.7 Å². The number of anilines is 3. The third kappa shape index (κ3) is 7.79. The lowest BCUT2D eigenvalue weighted by atomic mass is 9.91. The third-order valence-electron chi connectivity index (χ3n) is 11.2. The monoisotopic (exact) mass is 766 g/mol. The molecule has 4 fully saturated rings. The fraction of sp³-hybridized carbons (Fsp3) is 0.615. The molecule has 53 heavy (non-hydrogen) atoms. The molecule has 7 rings (SSSR count). The zero-order valence-corrected chi connectivity index (χ0v) is 32.8. The number of ether oxygens (including phenoxy) is 2. The average molecular weight is 767 g/mol. The molecular formula is C39H54N6O6S2. The van der Waals surface area contributed by atoms with Gasteiger partial charge in [-0.15, -0.1) is 11.7 Å². The molecule has 4 N–H and O–H groups in total. The van der Waals surface area contributed by atoms with Crippen molar-refractivity contribution in [2.75, 3.05) is 41.5 Å². The minimum Gasteiger partial charge on any atom is -0.487 e. The lowest BCUT2D eigenvalue weighted by molar-refractivity contribution is 0.0945. The van der Waals surface area contributed by atoms with Gasteiger partial charge in [-0.1, -0.05) is 17.2 Å². The number of fused-ring (bicyclic) bond motifs is 1. The number of hydrogen-bond donors (Lipinski definition) is 5. The summed E-state index contributed by atoms with van der Waals surface area (Å²) in [5.74, 6) is 1.77. The van der Waals surface area contributed by atoms with Crippen molar-refractivity contribution >= 4 is 39.5 Å². The predicted octanol–water partition coefficient (Wildman–Crippen LogP) is 5.94. The molecular weight excluding hydrogens is 713 g/mol. The Morgan fingerprint density at radius 3 is 2.15 bits per heavy atom. The topological polar surface area (TPSA) is 141 Å². The number of aliphatic hydroxyl groups is 1. The molecule has 1 unspecified atom stereocenters. The van der Waals surface area contributed by atoms with Crippen molar-refractivity contribution in [3.8, 4) is 17.1 Å². The second-order valence-electron chi connectivity index (χ2n) is 15.7. The second kappa shape index (κ2) is 16.2. The molecule has 3 aromatic rings. The summed E-state index contributed by atoms with van der Waals surface area (Å²) < 4.78 is 18.0. The summed E-state index contributed by atoms with van der Waals surface area (Å²) in [7, 11) is 1.42. The predicted molar refractivity (Wildman–Crippen MR) is 216 cm³/mol. The molecule has 3 aromatic heterocycles. The Balaban J connectivity index is 1.33. The van der Waals surface area contributed by atoms with Gasteiger partial charge in [-0.3, -0.25) is 19.0 Å². The number of pyridine rings is 3. The first-order valence-corrected chi connectivity index (χ1v) is 21.3. The van der Waals surface area contributed by atoms with Gasteiger partial charge in [0.2, 0.25) is 0 Å². The minimum absolute atomic E-state index is 0.0123. The zero-order valence-electron chi connectivity index (χ0n) is 31.1. The van der Waals surface area contributed by atoms with Crippen molar-refractivity contribution < 1.29 is 14.6 Å². The van der Waals surface area contributed by atoms with E-state index in [2.05, 4.69) is 27.6 Å². The zero-order chi connectivity index (χ0) is 37.4. The van der Waals surface area contributed by atoms with Crippen LogP contribution in [0.4, 0.5) is 17.1 Å². The van der Waals surface area contributed by atoms with Crippen molar-refractivity contribution in [2.24, 2.45) is 11.8 Å². The quantitative estimate of drug-likeness (QED) is 0.0762. The van der Waals surface area contributed by atoms with E-state index in [0.717, 1.165) is 25.0 Å². The number of rotatable bonds is 14. The summed E-state index contributed by atoms with van der Waals surface area (Å²) in [6, 6.07) is 8.72. The van der Waals surface area contributed by atoms with Crippen LogP contribution in [0, 0.1) is 11.8 Å². The summed E-state index contributed by atoms with van der Waals surface area (Å²) in [4.78, 5) is 42.7. The standard InChI is InChI=1S/C39H54N6O6S2/c1-22(2)41-28-13-15-30(31-14-12-27(40-16-17-53-52)38(48)45(31)36-25-20-50-21-26(25)36)44(39(28)49)33-8-5-6-11-35(33)51-24-18-29(42-23(3)4)37(47)43(19-24)32-9-7-10-34(32)46/h12-15,18-19,22-23,25-26,32-36,40-42,46,52H,5-11,16-17,20-21H2,1-4H3/t25-,26+,32-,33-,34+,35+,36?/m0/s1. The Labute approximate surface area is 319 Å². The first-order valence-electron chi connectivity index (χ1n) is 19.3. The van der Waals surface area contributed by atoms with Gasteiger partial charge in [-0.2, -0.15) is 0 Å². The molecule has 1 saturated heterocycles. The highest BCUT2D eigenvalue weighted by molar-refractivity contribution is 8.68. The average Bonchev–Trinajstić information content (AvgIpc) is 3.39. The normalized spacial score (nSPS) is 26.5. The van der Waals surface area contributed by atoms with E-state index in [1.165, 1.54) is 10.8 Å². The van der Waals surface area contributed by atoms with Crippen molar-refractivity contribution in [3.63, 3.8) is 0 Å². The molecule has 0 aromatic carbocycles. The Bertz CT molecular complexity index is 1950. The molecule has 4 heterocycles. The molecule has 3 aliphatic carbocycles. The summed E-state index contributed by atoms with van der Waals surface area (Å²) in [6.45, 7) is 9.81. The molecule has 12 nitrogen and oxygen atoms in total. The van der Waals surface area contributed by atoms with Gasteiger partial charge in [0.25, 0.3) is 16.7 Å². The first-order chi connectivity index (χ1) is 25.6. The maximum absolute atomic E-state index is 14.7. The molecule has 0 bridgehead atoms. The van der Waals surface area contributed by atoms with Crippen molar-refractivity contribution in [2.45, 2.75) is 115 Å². The van der Waals surface area contributed by atoms with E-state index in [1.54, 1.807) is 16.8 Å². The fourth-order valence-electron chi connectivity index (χ4n) is 8.76. The van der Waals surface area contributed by atoms with Gasteiger partial charge in [0.1, 0.15) is 28.9 Å². The van der Waals surface area contributed by atoms with Gasteiger partial charge < -0.3 is 39.7 Å². The highest BCUT2D eigenvalue weighted by Crippen LogP contribution is 2.55. The minimum atomic E-state index is -0.603. The Morgan fingerprint density at radius 2 is 1.47 bits per heavy atom. The van der Waals surface area contributed by atoms with Gasteiger partial charge in [0.05, 0.1) is 42.8 Å². The van der Waals surface area contributed by atoms with Crippen LogP contribution >= 0.6 is 22.5 Å². The van der Waals surface area contributed by atoms with Crippen LogP contribution in [0.2, 0.25) is 0 Å². The van der Waals surface area contributed by atoms with Crippen LogP contribution in [0.5, 0.6) is 5.75 Å². The molecule has 0 radical (unpaired) electrons. The molecule has 14 heteroatoms. The van der Waals surface area contributed by atoms with E-state index in [4.69, 9.17) is 9.47 Å². The van der Waals surface area contributed by atoms with Crippen LogP contribution in [-0.4, -0.2) is 68.6 Å². The highest BCUT2D eigenvalue weighted by Gasteiger charge is 2.56. The van der Waals surface area contributed by atoms with Crippen LogP contribution in [-0.2, 0) is 4.74 Å². The van der Waals surface area contributed by atoms with E-state index < -0.39 is 12.2 Å². The molecule has 288 valence electrons. The van der Waals surface area contributed by atoms with Gasteiger partial charge >= 0.3 is 0 Å². The van der Waals surface area contributed by atoms with E-state index in [-0.39, 0.29) is 58.7 Å². The lowest BCUT2D eigenvalue weighted by Crippen LogP contribution is -2.40. The Hall–Kier alpha value is -3.33. The highest BCUT2D eigenvalue weighted by atomic mass is 33.1. The number of aliphatic hydroxyl groups excluding tert-OH is 1. The van der Waals surface area contributed by atoms with Crippen molar-refractivity contribution in [3.05, 3.63) is 67.6 Å². The molecule has 0 spiro atoms. The van der Waals surface area contributed by atoms with Gasteiger partial charge in [-0.25, -0.2) is 0 Å². The summed E-state index contributed by atoms with van der Waals surface area (Å²) in [6.07, 6.45) is 6.20. The van der Waals surface area contributed by atoms with Crippen LogP contribution in [0.1, 0.15) is 90.8 Å². The Kier molecular flexibility index (Phi) is 11.6. The summed E-state index contributed by atoms with van der Waals surface area (Å²) >= 11 is 4.26. The van der Waals surface area contributed by atoms with Crippen LogP contribution in [0.25, 0.3) is 11.4 Å². The van der Waals surface area contributed by atoms with Crippen LogP contribution < -0.4 is 37.4 Å². The maximum Gasteiger partial charge on any atom is 0.274 e. The molecule has 1 aliphatic heterocycles. The summed E-state index contributed by atoms with van der Waals surface area (Å²) in [5.41, 5.74) is 2.37. The molecule has 4 aliphatic rings. The molecule has 3 saturated carbocycles. The van der Waals surface area contributed by atoms with Gasteiger partial charge in [-0.05, 0) is 90.5 Å². The Morgan fingerprint density at radius 1 is 0.830 bits per heavy atom. The smallest absolute Gasteiger partial charge is 0.274 e. The van der Waals surface area contributed by atoms with Gasteiger partial charge in [0.15, 0.2) is 0 Å². The van der Waals surface area contributed by atoms with Crippen molar-refractivity contribution in [1.29, 1.82) is 0 Å². The summed E-state index contributed by atoms with van der Waals surface area (Å²) in [5, 5.41) is 20.8. The fourth-order valence-corrected chi connectivity index (χ4v) is 9.23. The second-order valence-corrected chi connectivity index (χ2v) is 17.1. The number of nitrogens with zero attached hydrogens (tertiary/aromatic N) is 3. The van der Waals surface area contributed by atoms with E-state index >= 15 is 0 Å². The maximum atomic E-state index is 14.7. The van der Waals surface area contributed by atoms with E-state index in [1.807, 2.05) is 61.1 Å². The van der Waals surface area contributed by atoms with Crippen LogP contribution in [0.3, 0.4) is 0 Å². The van der Waals surface area contributed by atoms with E-state index in [0.29, 0.717) is 79.6 Å². The molecule has 7 atom stereocenters. The largest absolute Gasteiger partial charge is 0.487 e. The number of nitrogens with one attached hydrogen (secondary N) is 3. The lowest BCUT2D eigenvalue weighted by Gasteiger charge is -2.35. The van der Waals surface area contributed by atoms with Gasteiger partial charge in [0, 0.05) is 54.5 Å². The first kappa shape index (κ1) is 38.0. The molecule has 0 amide bonds. The number of thiol groups is 1. The number of hydrogen-bond acceptors (Lipinski definition) is 11. The third-order valence-corrected chi connectivity index (χ3v) is 12.1. The van der Waals surface area contributed by atoms with E-state index in [9.17, 15) is 19.5 Å². The SMILES string of the molecule is CC(C)Nc1cc(O[C@@H]2CCCC[C@@H]2n2c(-c3ccc(NCCSS)c(=O)n3C3[C@H]4COC[C@@H]34)ccc(NC(C)C)c2=O)cn([C@H]2CCC[C@H]2O)c1=O. The number of aromatic nitrogens is 3.